The van der Waals surface area contributed by atoms with E-state index in [1.165, 1.54) is 0 Å². The van der Waals surface area contributed by atoms with Crippen LogP contribution in [0.4, 0.5) is 0 Å². The Balaban J connectivity index is 1.64. The summed E-state index contributed by atoms with van der Waals surface area (Å²) >= 11 is 3.23. The first-order valence-electron chi connectivity index (χ1n) is 7.04. The fourth-order valence-corrected chi connectivity index (χ4v) is 4.56. The number of thioether (sulfide) groups is 1. The van der Waals surface area contributed by atoms with E-state index in [1.807, 2.05) is 16.3 Å². The molecular formula is C14H19N3O2S2. The zero-order valence-electron chi connectivity index (χ0n) is 12.0. The van der Waals surface area contributed by atoms with Gasteiger partial charge in [-0.1, -0.05) is 0 Å². The van der Waals surface area contributed by atoms with Gasteiger partial charge in [0, 0.05) is 26.2 Å². The second-order valence-corrected chi connectivity index (χ2v) is 7.27. The lowest BCUT2D eigenvalue weighted by Crippen LogP contribution is -2.50. The van der Waals surface area contributed by atoms with E-state index in [1.54, 1.807) is 28.0 Å². The highest BCUT2D eigenvalue weighted by molar-refractivity contribution is 8.00. The summed E-state index contributed by atoms with van der Waals surface area (Å²) in [5.74, 6) is 0.606. The van der Waals surface area contributed by atoms with Crippen molar-refractivity contribution in [3.8, 4) is 0 Å². The van der Waals surface area contributed by atoms with Crippen molar-refractivity contribution in [2.24, 2.45) is 0 Å². The van der Waals surface area contributed by atoms with E-state index < -0.39 is 0 Å². The highest BCUT2D eigenvalue weighted by Crippen LogP contribution is 2.39. The first-order chi connectivity index (χ1) is 10.1. The first kappa shape index (κ1) is 14.9. The third-order valence-electron chi connectivity index (χ3n) is 3.96. The quantitative estimate of drug-likeness (QED) is 0.835. The molecule has 0 N–H and O–H groups in total. The van der Waals surface area contributed by atoms with Crippen molar-refractivity contribution in [1.82, 2.24) is 14.7 Å². The Kier molecular flexibility index (Phi) is 4.51. The van der Waals surface area contributed by atoms with E-state index in [2.05, 4.69) is 17.3 Å². The molecule has 5 nitrogen and oxygen atoms in total. The molecule has 0 radical (unpaired) electrons. The smallest absolute Gasteiger partial charge is 0.242 e. The Labute approximate surface area is 132 Å². The van der Waals surface area contributed by atoms with Crippen LogP contribution >= 0.6 is 23.1 Å². The van der Waals surface area contributed by atoms with Gasteiger partial charge in [0.2, 0.25) is 11.8 Å². The average molecular weight is 325 g/mol. The zero-order valence-corrected chi connectivity index (χ0v) is 13.7. The number of amides is 2. The number of likely N-dealkylation sites (N-methyl/N-ethyl adjacent to an activating group) is 1. The molecule has 0 bridgehead atoms. The Morgan fingerprint density at radius 3 is 2.76 bits per heavy atom. The maximum atomic E-state index is 12.4. The van der Waals surface area contributed by atoms with Gasteiger partial charge < -0.3 is 14.7 Å². The molecule has 0 unspecified atom stereocenters. The number of rotatable bonds is 3. The van der Waals surface area contributed by atoms with Gasteiger partial charge in [0.15, 0.2) is 0 Å². The summed E-state index contributed by atoms with van der Waals surface area (Å²) in [6.45, 7) is 3.53. The minimum Gasteiger partial charge on any atom is -0.339 e. The van der Waals surface area contributed by atoms with Crippen molar-refractivity contribution in [3.63, 3.8) is 0 Å². The van der Waals surface area contributed by atoms with Gasteiger partial charge in [-0.05, 0) is 29.4 Å². The van der Waals surface area contributed by atoms with Gasteiger partial charge in [0.25, 0.3) is 0 Å². The summed E-state index contributed by atoms with van der Waals surface area (Å²) in [5.41, 5.74) is 1.13. The van der Waals surface area contributed by atoms with Crippen molar-refractivity contribution in [1.29, 1.82) is 0 Å². The molecule has 0 spiro atoms. The maximum Gasteiger partial charge on any atom is 0.242 e. The van der Waals surface area contributed by atoms with Crippen LogP contribution in [0.25, 0.3) is 0 Å². The van der Waals surface area contributed by atoms with E-state index in [0.29, 0.717) is 5.75 Å². The summed E-state index contributed by atoms with van der Waals surface area (Å²) in [4.78, 5) is 30.3. The first-order valence-corrected chi connectivity index (χ1v) is 9.04. The van der Waals surface area contributed by atoms with Crippen molar-refractivity contribution >= 4 is 34.9 Å². The van der Waals surface area contributed by atoms with Crippen molar-refractivity contribution < 1.29 is 9.59 Å². The van der Waals surface area contributed by atoms with Crippen LogP contribution in [0.15, 0.2) is 16.8 Å². The molecule has 2 amide bonds. The molecule has 7 heteroatoms. The number of carbonyl (C=O) groups is 2. The van der Waals surface area contributed by atoms with Crippen LogP contribution in [0.5, 0.6) is 0 Å². The maximum absolute atomic E-state index is 12.4. The molecule has 1 atom stereocenters. The molecule has 114 valence electrons. The normalized spacial score (nSPS) is 23.9. The van der Waals surface area contributed by atoms with Gasteiger partial charge in [-0.2, -0.15) is 11.3 Å². The molecule has 2 aliphatic rings. The second-order valence-electron chi connectivity index (χ2n) is 5.43. The van der Waals surface area contributed by atoms with Crippen LogP contribution in [0, 0.1) is 0 Å². The summed E-state index contributed by atoms with van der Waals surface area (Å²) < 4.78 is 0. The fraction of sp³-hybridized carbons (Fsp3) is 0.571. The van der Waals surface area contributed by atoms with Crippen LogP contribution in [-0.4, -0.2) is 72.0 Å². The molecule has 2 fully saturated rings. The molecule has 2 aliphatic heterocycles. The highest BCUT2D eigenvalue weighted by atomic mass is 32.2. The number of hydrogen-bond donors (Lipinski definition) is 0. The molecule has 3 heterocycles. The molecule has 0 aliphatic carbocycles. The molecule has 21 heavy (non-hydrogen) atoms. The van der Waals surface area contributed by atoms with E-state index in [9.17, 15) is 9.59 Å². The molecule has 3 rings (SSSR count). The van der Waals surface area contributed by atoms with Crippen molar-refractivity contribution in [2.75, 3.05) is 45.5 Å². The fourth-order valence-electron chi connectivity index (χ4n) is 2.62. The monoisotopic (exact) mass is 325 g/mol. The Morgan fingerprint density at radius 1 is 1.33 bits per heavy atom. The van der Waals surface area contributed by atoms with Crippen LogP contribution < -0.4 is 0 Å². The van der Waals surface area contributed by atoms with E-state index in [4.69, 9.17) is 0 Å². The van der Waals surface area contributed by atoms with Gasteiger partial charge in [-0.15, -0.1) is 11.8 Å². The summed E-state index contributed by atoms with van der Waals surface area (Å²) in [7, 11) is 2.06. The third kappa shape index (κ3) is 3.25. The van der Waals surface area contributed by atoms with Crippen LogP contribution in [-0.2, 0) is 9.59 Å². The number of piperazine rings is 1. The van der Waals surface area contributed by atoms with Gasteiger partial charge in [0.1, 0.15) is 11.9 Å². The zero-order chi connectivity index (χ0) is 14.8. The SMILES string of the molecule is CN1CCN(C(=O)CN2C(=O)CS[C@@H]2c2ccsc2)CC1. The molecule has 2 saturated heterocycles. The summed E-state index contributed by atoms with van der Waals surface area (Å²) in [6, 6.07) is 2.04. The Morgan fingerprint density at radius 2 is 2.10 bits per heavy atom. The van der Waals surface area contributed by atoms with Crippen molar-refractivity contribution in [2.45, 2.75) is 5.37 Å². The predicted octanol–water partition coefficient (Wildman–Crippen LogP) is 1.10. The number of carbonyl (C=O) groups excluding carboxylic acids is 2. The van der Waals surface area contributed by atoms with Crippen LogP contribution in [0.1, 0.15) is 10.9 Å². The van der Waals surface area contributed by atoms with Crippen molar-refractivity contribution in [3.05, 3.63) is 22.4 Å². The van der Waals surface area contributed by atoms with Gasteiger partial charge in [-0.3, -0.25) is 9.59 Å². The van der Waals surface area contributed by atoms with Gasteiger partial charge >= 0.3 is 0 Å². The van der Waals surface area contributed by atoms with E-state index in [0.717, 1.165) is 31.7 Å². The van der Waals surface area contributed by atoms with Gasteiger partial charge in [-0.25, -0.2) is 0 Å². The third-order valence-corrected chi connectivity index (χ3v) is 5.92. The minimum atomic E-state index is 0.000152. The second kappa shape index (κ2) is 6.37. The van der Waals surface area contributed by atoms with E-state index in [-0.39, 0.29) is 23.7 Å². The number of hydrogen-bond acceptors (Lipinski definition) is 5. The lowest BCUT2D eigenvalue weighted by Gasteiger charge is -2.34. The Bertz CT molecular complexity index is 512. The van der Waals surface area contributed by atoms with E-state index >= 15 is 0 Å². The minimum absolute atomic E-state index is 0.000152. The lowest BCUT2D eigenvalue weighted by atomic mass is 10.2. The molecule has 1 aromatic heterocycles. The summed E-state index contributed by atoms with van der Waals surface area (Å²) in [6.07, 6.45) is 0. The molecular weight excluding hydrogens is 306 g/mol. The molecule has 0 saturated carbocycles. The average Bonchev–Trinajstić information content (AvgIpc) is 3.10. The van der Waals surface area contributed by atoms with Crippen LogP contribution in [0.3, 0.4) is 0 Å². The predicted molar refractivity (Wildman–Crippen MR) is 85.3 cm³/mol. The van der Waals surface area contributed by atoms with Crippen LogP contribution in [0.2, 0.25) is 0 Å². The topological polar surface area (TPSA) is 43.9 Å². The number of nitrogens with zero attached hydrogens (tertiary/aromatic N) is 3. The summed E-state index contributed by atoms with van der Waals surface area (Å²) in [5, 5.41) is 4.07. The number of thiophene rings is 1. The molecule has 1 aromatic rings. The standard InChI is InChI=1S/C14H19N3O2S2/c1-15-3-5-16(6-4-15)12(18)8-17-13(19)10-21-14(17)11-2-7-20-9-11/h2,7,9,14H,3-6,8,10H2,1H3/t14-/m1/s1. The highest BCUT2D eigenvalue weighted by Gasteiger charge is 2.35. The molecule has 0 aromatic carbocycles. The van der Waals surface area contributed by atoms with Gasteiger partial charge in [0.05, 0.1) is 5.75 Å². The lowest BCUT2D eigenvalue weighted by molar-refractivity contribution is -0.140. The Hall–Kier alpha value is -1.05. The largest absolute Gasteiger partial charge is 0.339 e.